The third-order valence-electron chi connectivity index (χ3n) is 4.36. The number of benzene rings is 2. The van der Waals surface area contributed by atoms with E-state index >= 15 is 0 Å². The molecule has 0 bridgehead atoms. The zero-order valence-corrected chi connectivity index (χ0v) is 17.7. The normalized spacial score (nSPS) is 11.3. The van der Waals surface area contributed by atoms with Gasteiger partial charge in [-0.25, -0.2) is 9.82 Å². The first-order valence-electron chi connectivity index (χ1n) is 9.44. The molecule has 3 rings (SSSR count). The lowest BCUT2D eigenvalue weighted by Gasteiger charge is -2.14. The van der Waals surface area contributed by atoms with Crippen LogP contribution >= 0.6 is 11.6 Å². The first-order chi connectivity index (χ1) is 14.3. The SMILES string of the molecule is Cc1ccc(C(C)C)c(OCC(=O)N/N=C\c2ccc(-c3ccc(F)c(Cl)c3)o2)c1. The first kappa shape index (κ1) is 21.6. The van der Waals surface area contributed by atoms with Crippen LogP contribution in [0.4, 0.5) is 4.39 Å². The van der Waals surface area contributed by atoms with Crippen molar-refractivity contribution < 1.29 is 18.3 Å². The van der Waals surface area contributed by atoms with E-state index in [9.17, 15) is 9.18 Å². The summed E-state index contributed by atoms with van der Waals surface area (Å²) in [7, 11) is 0. The largest absolute Gasteiger partial charge is 0.483 e. The number of nitrogens with one attached hydrogen (secondary N) is 1. The van der Waals surface area contributed by atoms with Gasteiger partial charge in [0.05, 0.1) is 11.2 Å². The molecule has 1 aromatic heterocycles. The minimum atomic E-state index is -0.495. The van der Waals surface area contributed by atoms with Gasteiger partial charge in [-0.05, 0) is 60.4 Å². The van der Waals surface area contributed by atoms with E-state index in [0.29, 0.717) is 22.8 Å². The van der Waals surface area contributed by atoms with Crippen LogP contribution < -0.4 is 10.2 Å². The van der Waals surface area contributed by atoms with Crippen LogP contribution in [-0.4, -0.2) is 18.7 Å². The summed E-state index contributed by atoms with van der Waals surface area (Å²) in [6, 6.07) is 13.6. The van der Waals surface area contributed by atoms with Gasteiger partial charge in [-0.3, -0.25) is 4.79 Å². The fourth-order valence-corrected chi connectivity index (χ4v) is 2.99. The third kappa shape index (κ3) is 5.48. The zero-order chi connectivity index (χ0) is 21.7. The van der Waals surface area contributed by atoms with Crippen molar-refractivity contribution in [2.75, 3.05) is 6.61 Å². The average Bonchev–Trinajstić information content (AvgIpc) is 3.17. The Morgan fingerprint density at radius 3 is 2.77 bits per heavy atom. The topological polar surface area (TPSA) is 63.8 Å². The Bertz CT molecular complexity index is 1080. The quantitative estimate of drug-likeness (QED) is 0.387. The van der Waals surface area contributed by atoms with E-state index < -0.39 is 5.82 Å². The van der Waals surface area contributed by atoms with Crippen molar-refractivity contribution in [2.24, 2.45) is 5.10 Å². The van der Waals surface area contributed by atoms with E-state index in [0.717, 1.165) is 11.1 Å². The van der Waals surface area contributed by atoms with Crippen LogP contribution in [0, 0.1) is 12.7 Å². The van der Waals surface area contributed by atoms with Gasteiger partial charge in [0.1, 0.15) is 23.1 Å². The van der Waals surface area contributed by atoms with Gasteiger partial charge >= 0.3 is 0 Å². The number of hydrazone groups is 1. The molecule has 0 saturated heterocycles. The molecular weight excluding hydrogens is 407 g/mol. The molecule has 0 unspecified atom stereocenters. The van der Waals surface area contributed by atoms with Crippen LogP contribution in [0.1, 0.15) is 36.7 Å². The number of nitrogens with zero attached hydrogens (tertiary/aromatic N) is 1. The van der Waals surface area contributed by atoms with Gasteiger partial charge in [0.25, 0.3) is 5.91 Å². The number of halogens is 2. The second-order valence-corrected chi connectivity index (χ2v) is 7.52. The van der Waals surface area contributed by atoms with Crippen LogP contribution in [0.5, 0.6) is 5.75 Å². The number of carbonyl (C=O) groups is 1. The number of rotatable bonds is 7. The highest BCUT2D eigenvalue weighted by molar-refractivity contribution is 6.31. The molecular formula is C23H22ClFN2O3. The average molecular weight is 429 g/mol. The minimum Gasteiger partial charge on any atom is -0.483 e. The van der Waals surface area contributed by atoms with Gasteiger partial charge in [-0.2, -0.15) is 5.10 Å². The molecule has 5 nitrogen and oxygen atoms in total. The van der Waals surface area contributed by atoms with Gasteiger partial charge in [0, 0.05) is 5.56 Å². The van der Waals surface area contributed by atoms with E-state index in [2.05, 4.69) is 24.4 Å². The van der Waals surface area contributed by atoms with Gasteiger partial charge in [-0.15, -0.1) is 0 Å². The molecule has 0 aliphatic carbocycles. The summed E-state index contributed by atoms with van der Waals surface area (Å²) in [5, 5.41) is 3.90. The Morgan fingerprint density at radius 1 is 1.23 bits per heavy atom. The summed E-state index contributed by atoms with van der Waals surface area (Å²) in [5.74, 6) is 1.02. The molecule has 0 radical (unpaired) electrons. The van der Waals surface area contributed by atoms with Crippen molar-refractivity contribution in [2.45, 2.75) is 26.7 Å². The lowest BCUT2D eigenvalue weighted by atomic mass is 10.0. The van der Waals surface area contributed by atoms with Crippen LogP contribution in [0.15, 0.2) is 58.0 Å². The molecule has 0 aliphatic heterocycles. The summed E-state index contributed by atoms with van der Waals surface area (Å²) in [6.45, 7) is 5.95. The molecule has 0 saturated carbocycles. The number of hydrogen-bond acceptors (Lipinski definition) is 4. The fraction of sp³-hybridized carbons (Fsp3) is 0.217. The van der Waals surface area contributed by atoms with Crippen LogP contribution in [0.3, 0.4) is 0 Å². The highest BCUT2D eigenvalue weighted by atomic mass is 35.5. The Hall–Kier alpha value is -3.12. The standard InChI is InChI=1S/C23H22ClFN2O3/c1-14(2)18-7-4-15(3)10-22(18)29-13-23(28)27-26-12-17-6-9-21(30-17)16-5-8-20(25)19(24)11-16/h4-12,14H,13H2,1-3H3,(H,27,28)/b26-12-. The highest BCUT2D eigenvalue weighted by Crippen LogP contribution is 2.28. The minimum absolute atomic E-state index is 0.0145. The second-order valence-electron chi connectivity index (χ2n) is 7.11. The Kier molecular flexibility index (Phi) is 6.90. The first-order valence-corrected chi connectivity index (χ1v) is 9.82. The van der Waals surface area contributed by atoms with Crippen molar-refractivity contribution in [3.8, 4) is 17.1 Å². The predicted octanol–water partition coefficient (Wildman–Crippen LogP) is 5.70. The van der Waals surface area contributed by atoms with Crippen molar-refractivity contribution in [1.82, 2.24) is 5.43 Å². The Morgan fingerprint density at radius 2 is 2.03 bits per heavy atom. The molecule has 30 heavy (non-hydrogen) atoms. The van der Waals surface area contributed by atoms with E-state index in [1.165, 1.54) is 18.3 Å². The summed E-state index contributed by atoms with van der Waals surface area (Å²) in [4.78, 5) is 12.0. The van der Waals surface area contributed by atoms with E-state index in [-0.39, 0.29) is 23.5 Å². The third-order valence-corrected chi connectivity index (χ3v) is 4.65. The van der Waals surface area contributed by atoms with Crippen molar-refractivity contribution in [3.63, 3.8) is 0 Å². The molecule has 3 aromatic rings. The number of amides is 1. The van der Waals surface area contributed by atoms with Crippen molar-refractivity contribution in [1.29, 1.82) is 0 Å². The fourth-order valence-electron chi connectivity index (χ4n) is 2.81. The summed E-state index contributed by atoms with van der Waals surface area (Å²) >= 11 is 5.80. The number of ether oxygens (including phenoxy) is 1. The summed E-state index contributed by atoms with van der Waals surface area (Å²) in [5.41, 5.74) is 5.14. The Balaban J connectivity index is 1.56. The van der Waals surface area contributed by atoms with E-state index in [4.69, 9.17) is 20.8 Å². The second kappa shape index (κ2) is 9.59. The molecule has 0 atom stereocenters. The maximum Gasteiger partial charge on any atom is 0.277 e. The lowest BCUT2D eigenvalue weighted by Crippen LogP contribution is -2.24. The predicted molar refractivity (Wildman–Crippen MR) is 116 cm³/mol. The molecule has 2 aromatic carbocycles. The van der Waals surface area contributed by atoms with Crippen LogP contribution in [0.25, 0.3) is 11.3 Å². The number of carbonyl (C=O) groups excluding carboxylic acids is 1. The smallest absolute Gasteiger partial charge is 0.277 e. The molecule has 1 amide bonds. The van der Waals surface area contributed by atoms with Gasteiger partial charge in [0.2, 0.25) is 0 Å². The molecule has 156 valence electrons. The van der Waals surface area contributed by atoms with Crippen molar-refractivity contribution >= 4 is 23.7 Å². The number of hydrogen-bond donors (Lipinski definition) is 1. The maximum atomic E-state index is 13.3. The van der Waals surface area contributed by atoms with Crippen LogP contribution in [0.2, 0.25) is 5.02 Å². The van der Waals surface area contributed by atoms with Gasteiger partial charge in [0.15, 0.2) is 6.61 Å². The van der Waals surface area contributed by atoms with Gasteiger partial charge < -0.3 is 9.15 Å². The Labute approximate surface area is 179 Å². The number of furan rings is 1. The summed E-state index contributed by atoms with van der Waals surface area (Å²) < 4.78 is 24.6. The number of aryl methyl sites for hydroxylation is 1. The van der Waals surface area contributed by atoms with Crippen molar-refractivity contribution in [3.05, 3.63) is 76.3 Å². The molecule has 0 spiro atoms. The lowest BCUT2D eigenvalue weighted by molar-refractivity contribution is -0.123. The van der Waals surface area contributed by atoms with Crippen LogP contribution in [-0.2, 0) is 4.79 Å². The molecule has 0 fully saturated rings. The molecule has 1 heterocycles. The molecule has 1 N–H and O–H groups in total. The van der Waals surface area contributed by atoms with E-state index in [1.54, 1.807) is 18.2 Å². The summed E-state index contributed by atoms with van der Waals surface area (Å²) in [6.07, 6.45) is 1.37. The monoisotopic (exact) mass is 428 g/mol. The zero-order valence-electron chi connectivity index (χ0n) is 16.9. The maximum absolute atomic E-state index is 13.3. The highest BCUT2D eigenvalue weighted by Gasteiger charge is 2.10. The van der Waals surface area contributed by atoms with Gasteiger partial charge in [-0.1, -0.05) is 37.6 Å². The molecule has 0 aliphatic rings. The van der Waals surface area contributed by atoms with E-state index in [1.807, 2.05) is 25.1 Å². The molecule has 7 heteroatoms.